The molecule has 0 radical (unpaired) electrons. The third-order valence-electron chi connectivity index (χ3n) is 3.48. The Morgan fingerprint density at radius 1 is 1.35 bits per heavy atom. The fourth-order valence-corrected chi connectivity index (χ4v) is 2.52. The van der Waals surface area contributed by atoms with Crippen molar-refractivity contribution in [2.75, 3.05) is 11.9 Å². The molecule has 1 fully saturated rings. The molecule has 0 amide bonds. The fourth-order valence-electron chi connectivity index (χ4n) is 2.52. The molecule has 0 unspecified atom stereocenters. The summed E-state index contributed by atoms with van der Waals surface area (Å²) in [5, 5.41) is 3.31. The van der Waals surface area contributed by atoms with E-state index in [1.807, 2.05) is 0 Å². The van der Waals surface area contributed by atoms with Gasteiger partial charge in [-0.2, -0.15) is 0 Å². The van der Waals surface area contributed by atoms with Gasteiger partial charge in [-0.15, -0.1) is 0 Å². The Morgan fingerprint density at radius 3 is 3.00 bits per heavy atom. The number of hydrogen-bond acceptors (Lipinski definition) is 2. The van der Waals surface area contributed by atoms with E-state index >= 15 is 0 Å². The number of nitrogens with one attached hydrogen (secondary N) is 2. The number of H-pyrrole nitrogens is 1. The monoisotopic (exact) mass is 233 g/mol. The molecule has 0 saturated heterocycles. The normalized spacial score (nSPS) is 16.8. The van der Waals surface area contributed by atoms with Gasteiger partial charge in [-0.05, 0) is 37.0 Å². The van der Waals surface area contributed by atoms with Gasteiger partial charge < -0.3 is 10.3 Å². The van der Waals surface area contributed by atoms with Crippen molar-refractivity contribution in [1.82, 2.24) is 9.97 Å². The lowest BCUT2D eigenvalue weighted by Crippen LogP contribution is -2.11. The maximum atomic E-state index is 13.0. The van der Waals surface area contributed by atoms with Crippen LogP contribution in [0.15, 0.2) is 18.2 Å². The zero-order valence-electron chi connectivity index (χ0n) is 9.67. The lowest BCUT2D eigenvalue weighted by Gasteiger charge is -2.08. The molecule has 17 heavy (non-hydrogen) atoms. The molecule has 90 valence electrons. The molecular weight excluding hydrogens is 217 g/mol. The largest absolute Gasteiger partial charge is 0.356 e. The van der Waals surface area contributed by atoms with Crippen LogP contribution >= 0.6 is 0 Å². The Morgan fingerprint density at radius 2 is 2.18 bits per heavy atom. The number of hydrogen-bond donors (Lipinski definition) is 2. The quantitative estimate of drug-likeness (QED) is 0.854. The van der Waals surface area contributed by atoms with Crippen LogP contribution in [0, 0.1) is 11.7 Å². The van der Waals surface area contributed by atoms with E-state index < -0.39 is 0 Å². The Bertz CT molecular complexity index is 514. The van der Waals surface area contributed by atoms with Crippen LogP contribution in [0.1, 0.15) is 25.7 Å². The highest BCUT2D eigenvalue weighted by molar-refractivity contribution is 5.77. The van der Waals surface area contributed by atoms with Crippen LogP contribution in [0.4, 0.5) is 10.3 Å². The van der Waals surface area contributed by atoms with Crippen LogP contribution in [-0.4, -0.2) is 16.5 Å². The number of rotatable bonds is 3. The van der Waals surface area contributed by atoms with Crippen LogP contribution < -0.4 is 5.32 Å². The van der Waals surface area contributed by atoms with Crippen LogP contribution in [-0.2, 0) is 0 Å². The van der Waals surface area contributed by atoms with Gasteiger partial charge >= 0.3 is 0 Å². The molecule has 1 saturated carbocycles. The SMILES string of the molecule is Fc1ccc2nc(NCC3CCCC3)[nH]c2c1. The van der Waals surface area contributed by atoms with Crippen molar-refractivity contribution >= 4 is 17.0 Å². The average molecular weight is 233 g/mol. The van der Waals surface area contributed by atoms with E-state index in [2.05, 4.69) is 15.3 Å². The second-order valence-corrected chi connectivity index (χ2v) is 4.78. The van der Waals surface area contributed by atoms with Crippen molar-refractivity contribution in [2.24, 2.45) is 5.92 Å². The highest BCUT2D eigenvalue weighted by Crippen LogP contribution is 2.25. The molecule has 0 bridgehead atoms. The molecule has 0 spiro atoms. The van der Waals surface area contributed by atoms with E-state index in [-0.39, 0.29) is 5.82 Å². The summed E-state index contributed by atoms with van der Waals surface area (Å²) in [6.07, 6.45) is 5.30. The van der Waals surface area contributed by atoms with Gasteiger partial charge in [0.25, 0.3) is 0 Å². The first-order chi connectivity index (χ1) is 8.31. The molecule has 1 aromatic carbocycles. The van der Waals surface area contributed by atoms with Gasteiger partial charge in [-0.3, -0.25) is 0 Å². The maximum absolute atomic E-state index is 13.0. The minimum absolute atomic E-state index is 0.233. The average Bonchev–Trinajstić information content (AvgIpc) is 2.94. The van der Waals surface area contributed by atoms with Gasteiger partial charge in [0.05, 0.1) is 11.0 Å². The molecular formula is C13H16FN3. The lowest BCUT2D eigenvalue weighted by molar-refractivity contribution is 0.578. The maximum Gasteiger partial charge on any atom is 0.201 e. The predicted molar refractivity (Wildman–Crippen MR) is 66.5 cm³/mol. The van der Waals surface area contributed by atoms with Crippen LogP contribution in [0.3, 0.4) is 0 Å². The minimum atomic E-state index is -0.233. The molecule has 1 aromatic heterocycles. The van der Waals surface area contributed by atoms with Gasteiger partial charge in [-0.25, -0.2) is 9.37 Å². The number of fused-ring (bicyclic) bond motifs is 1. The number of halogens is 1. The zero-order valence-corrected chi connectivity index (χ0v) is 9.67. The first-order valence-corrected chi connectivity index (χ1v) is 6.20. The summed E-state index contributed by atoms with van der Waals surface area (Å²) >= 11 is 0. The van der Waals surface area contributed by atoms with Crippen molar-refractivity contribution in [3.8, 4) is 0 Å². The van der Waals surface area contributed by atoms with Crippen molar-refractivity contribution in [2.45, 2.75) is 25.7 Å². The second kappa shape index (κ2) is 4.35. The summed E-state index contributed by atoms with van der Waals surface area (Å²) in [6.45, 7) is 0.961. The van der Waals surface area contributed by atoms with Crippen molar-refractivity contribution < 1.29 is 4.39 Å². The molecule has 2 N–H and O–H groups in total. The van der Waals surface area contributed by atoms with Gasteiger partial charge in [0.1, 0.15) is 5.82 Å². The van der Waals surface area contributed by atoms with E-state index in [9.17, 15) is 4.39 Å². The number of anilines is 1. The van der Waals surface area contributed by atoms with Crippen LogP contribution in [0.25, 0.3) is 11.0 Å². The lowest BCUT2D eigenvalue weighted by atomic mass is 10.1. The van der Waals surface area contributed by atoms with Crippen molar-refractivity contribution in [3.05, 3.63) is 24.0 Å². The van der Waals surface area contributed by atoms with Gasteiger partial charge in [0.15, 0.2) is 0 Å². The summed E-state index contributed by atoms with van der Waals surface area (Å²) in [4.78, 5) is 7.48. The smallest absolute Gasteiger partial charge is 0.201 e. The number of benzene rings is 1. The van der Waals surface area contributed by atoms with E-state index in [4.69, 9.17) is 0 Å². The van der Waals surface area contributed by atoms with Gasteiger partial charge in [-0.1, -0.05) is 12.8 Å². The molecule has 0 atom stereocenters. The number of aromatic amines is 1. The summed E-state index contributed by atoms with van der Waals surface area (Å²) in [5.74, 6) is 1.28. The van der Waals surface area contributed by atoms with Gasteiger partial charge in [0.2, 0.25) is 5.95 Å². The second-order valence-electron chi connectivity index (χ2n) is 4.78. The molecule has 3 rings (SSSR count). The standard InChI is InChI=1S/C13H16FN3/c14-10-5-6-11-12(7-10)17-13(16-11)15-8-9-3-1-2-4-9/h5-7,9H,1-4,8H2,(H2,15,16,17). The molecule has 4 heteroatoms. The van der Waals surface area contributed by atoms with E-state index in [1.54, 1.807) is 6.07 Å². The van der Waals surface area contributed by atoms with E-state index in [1.165, 1.54) is 37.8 Å². The Hall–Kier alpha value is -1.58. The first-order valence-electron chi connectivity index (χ1n) is 6.20. The fraction of sp³-hybridized carbons (Fsp3) is 0.462. The molecule has 2 aromatic rings. The van der Waals surface area contributed by atoms with Crippen molar-refractivity contribution in [1.29, 1.82) is 0 Å². The summed E-state index contributed by atoms with van der Waals surface area (Å²) in [5.41, 5.74) is 1.55. The minimum Gasteiger partial charge on any atom is -0.356 e. The summed E-state index contributed by atoms with van der Waals surface area (Å²) in [7, 11) is 0. The zero-order chi connectivity index (χ0) is 11.7. The predicted octanol–water partition coefficient (Wildman–Crippen LogP) is 3.30. The van der Waals surface area contributed by atoms with Gasteiger partial charge in [0, 0.05) is 6.54 Å². The number of nitrogens with zero attached hydrogens (tertiary/aromatic N) is 1. The molecule has 1 aliphatic rings. The Kier molecular flexibility index (Phi) is 2.71. The number of imidazole rings is 1. The summed E-state index contributed by atoms with van der Waals surface area (Å²) < 4.78 is 13.0. The summed E-state index contributed by atoms with van der Waals surface area (Å²) in [6, 6.07) is 4.61. The Labute approximate surface area is 99.4 Å². The van der Waals surface area contributed by atoms with E-state index in [0.717, 1.165) is 29.4 Å². The molecule has 3 nitrogen and oxygen atoms in total. The number of aromatic nitrogens is 2. The third-order valence-corrected chi connectivity index (χ3v) is 3.48. The van der Waals surface area contributed by atoms with Crippen LogP contribution in [0.2, 0.25) is 0 Å². The molecule has 0 aliphatic heterocycles. The topological polar surface area (TPSA) is 40.7 Å². The van der Waals surface area contributed by atoms with E-state index in [0.29, 0.717) is 0 Å². The van der Waals surface area contributed by atoms with Crippen LogP contribution in [0.5, 0.6) is 0 Å². The highest BCUT2D eigenvalue weighted by Gasteiger charge is 2.15. The van der Waals surface area contributed by atoms with Crippen molar-refractivity contribution in [3.63, 3.8) is 0 Å². The highest BCUT2D eigenvalue weighted by atomic mass is 19.1. The Balaban J connectivity index is 1.72. The third kappa shape index (κ3) is 2.25. The first kappa shape index (κ1) is 10.6. The molecule has 1 heterocycles. The molecule has 1 aliphatic carbocycles.